The number of benzene rings is 1. The van der Waals surface area contributed by atoms with Crippen molar-refractivity contribution in [1.82, 2.24) is 0 Å². The van der Waals surface area contributed by atoms with Crippen molar-refractivity contribution in [2.45, 2.75) is 40.2 Å². The van der Waals surface area contributed by atoms with E-state index in [1.807, 2.05) is 6.07 Å². The van der Waals surface area contributed by atoms with Crippen LogP contribution in [0.4, 0.5) is 11.4 Å². The van der Waals surface area contributed by atoms with Crippen molar-refractivity contribution in [1.29, 1.82) is 0 Å². The Morgan fingerprint density at radius 3 is 2.63 bits per heavy atom. The number of anilines is 2. The predicted molar refractivity (Wildman–Crippen MR) is 79.4 cm³/mol. The van der Waals surface area contributed by atoms with E-state index >= 15 is 0 Å². The van der Waals surface area contributed by atoms with Crippen molar-refractivity contribution >= 4 is 17.3 Å². The molecule has 0 fully saturated rings. The van der Waals surface area contributed by atoms with Gasteiger partial charge in [0.05, 0.1) is 12.2 Å². The number of nitrogens with two attached hydrogens (primary N) is 1. The summed E-state index contributed by atoms with van der Waals surface area (Å²) in [5.41, 5.74) is 7.57. The van der Waals surface area contributed by atoms with Crippen LogP contribution < -0.4 is 11.1 Å². The van der Waals surface area contributed by atoms with Gasteiger partial charge in [-0.15, -0.1) is 0 Å². The lowest BCUT2D eigenvalue weighted by Gasteiger charge is -2.21. The highest BCUT2D eigenvalue weighted by Gasteiger charge is 2.14. The summed E-state index contributed by atoms with van der Waals surface area (Å²) in [6.45, 7) is 8.62. The Morgan fingerprint density at radius 1 is 1.37 bits per heavy atom. The van der Waals surface area contributed by atoms with E-state index in [4.69, 9.17) is 10.5 Å². The van der Waals surface area contributed by atoms with Gasteiger partial charge >= 0.3 is 5.97 Å². The molecule has 0 amide bonds. The van der Waals surface area contributed by atoms with Crippen LogP contribution in [0.1, 0.15) is 44.5 Å². The van der Waals surface area contributed by atoms with Crippen LogP contribution in [0.3, 0.4) is 0 Å². The van der Waals surface area contributed by atoms with Crippen molar-refractivity contribution in [2.75, 3.05) is 17.7 Å². The molecule has 0 spiro atoms. The molecule has 1 aromatic rings. The van der Waals surface area contributed by atoms with Crippen molar-refractivity contribution in [3.05, 3.63) is 23.8 Å². The zero-order chi connectivity index (χ0) is 14.4. The lowest BCUT2D eigenvalue weighted by Crippen LogP contribution is -2.23. The number of hydrogen-bond donors (Lipinski definition) is 2. The third-order valence-electron chi connectivity index (χ3n) is 3.44. The van der Waals surface area contributed by atoms with Crippen LogP contribution in [0.15, 0.2) is 18.2 Å². The molecule has 0 radical (unpaired) electrons. The fraction of sp³-hybridized carbons (Fsp3) is 0.533. The highest BCUT2D eigenvalue weighted by atomic mass is 16.5. The van der Waals surface area contributed by atoms with Gasteiger partial charge in [-0.3, -0.25) is 0 Å². The van der Waals surface area contributed by atoms with Gasteiger partial charge in [0, 0.05) is 17.4 Å². The number of nitrogen functional groups attached to an aromatic ring is 1. The molecule has 0 saturated heterocycles. The Balaban J connectivity index is 2.87. The molecule has 1 aromatic carbocycles. The van der Waals surface area contributed by atoms with Gasteiger partial charge in [-0.25, -0.2) is 4.79 Å². The quantitative estimate of drug-likeness (QED) is 0.611. The molecule has 4 nitrogen and oxygen atoms in total. The van der Waals surface area contributed by atoms with Gasteiger partial charge < -0.3 is 15.8 Å². The first kappa shape index (κ1) is 15.3. The zero-order valence-corrected chi connectivity index (χ0v) is 12.2. The smallest absolute Gasteiger partial charge is 0.340 e. The Labute approximate surface area is 115 Å². The van der Waals surface area contributed by atoms with Gasteiger partial charge in [0.25, 0.3) is 0 Å². The maximum absolute atomic E-state index is 11.8. The maximum Gasteiger partial charge on any atom is 0.340 e. The topological polar surface area (TPSA) is 64.3 Å². The SMILES string of the molecule is CCOC(=O)c1cc(NC(C)C(C)CC)ccc1N. The molecular formula is C15H24N2O2. The van der Waals surface area contributed by atoms with Crippen LogP contribution in [0.2, 0.25) is 0 Å². The fourth-order valence-electron chi connectivity index (χ4n) is 1.79. The van der Waals surface area contributed by atoms with Gasteiger partial charge in [-0.1, -0.05) is 20.3 Å². The first-order valence-corrected chi connectivity index (χ1v) is 6.82. The van der Waals surface area contributed by atoms with Crippen LogP contribution in [0.5, 0.6) is 0 Å². The van der Waals surface area contributed by atoms with Gasteiger partial charge in [-0.2, -0.15) is 0 Å². The summed E-state index contributed by atoms with van der Waals surface area (Å²) >= 11 is 0. The highest BCUT2D eigenvalue weighted by molar-refractivity contribution is 5.96. The first-order chi connectivity index (χ1) is 8.99. The molecule has 106 valence electrons. The van der Waals surface area contributed by atoms with Crippen LogP contribution in [-0.2, 0) is 4.74 Å². The van der Waals surface area contributed by atoms with E-state index in [1.165, 1.54) is 0 Å². The number of carbonyl (C=O) groups excluding carboxylic acids is 1. The third kappa shape index (κ3) is 4.16. The molecule has 19 heavy (non-hydrogen) atoms. The number of ether oxygens (including phenoxy) is 1. The van der Waals surface area contributed by atoms with Crippen LogP contribution >= 0.6 is 0 Å². The molecule has 3 N–H and O–H groups in total. The van der Waals surface area contributed by atoms with Gasteiger partial charge in [0.1, 0.15) is 0 Å². The van der Waals surface area contributed by atoms with Crippen molar-refractivity contribution < 1.29 is 9.53 Å². The van der Waals surface area contributed by atoms with E-state index in [0.717, 1.165) is 12.1 Å². The first-order valence-electron chi connectivity index (χ1n) is 6.82. The van der Waals surface area contributed by atoms with Gasteiger partial charge in [-0.05, 0) is 38.0 Å². The summed E-state index contributed by atoms with van der Waals surface area (Å²) in [6, 6.07) is 5.71. The van der Waals surface area contributed by atoms with E-state index in [2.05, 4.69) is 26.1 Å². The fourth-order valence-corrected chi connectivity index (χ4v) is 1.79. The second-order valence-corrected chi connectivity index (χ2v) is 4.84. The number of esters is 1. The summed E-state index contributed by atoms with van der Waals surface area (Å²) in [5, 5.41) is 3.39. The summed E-state index contributed by atoms with van der Waals surface area (Å²) in [7, 11) is 0. The largest absolute Gasteiger partial charge is 0.462 e. The summed E-state index contributed by atoms with van der Waals surface area (Å²) in [4.78, 5) is 11.8. The lowest BCUT2D eigenvalue weighted by molar-refractivity contribution is 0.0527. The average molecular weight is 264 g/mol. The average Bonchev–Trinajstić information content (AvgIpc) is 2.40. The molecule has 0 aliphatic rings. The Hall–Kier alpha value is -1.71. The van der Waals surface area contributed by atoms with Crippen LogP contribution in [-0.4, -0.2) is 18.6 Å². The molecule has 0 bridgehead atoms. The monoisotopic (exact) mass is 264 g/mol. The second kappa shape index (κ2) is 7.02. The van der Waals surface area contributed by atoms with E-state index in [-0.39, 0.29) is 5.97 Å². The van der Waals surface area contributed by atoms with E-state index in [0.29, 0.717) is 29.8 Å². The van der Waals surface area contributed by atoms with Crippen molar-refractivity contribution in [3.63, 3.8) is 0 Å². The second-order valence-electron chi connectivity index (χ2n) is 4.84. The number of carbonyl (C=O) groups is 1. The third-order valence-corrected chi connectivity index (χ3v) is 3.44. The Kier molecular flexibility index (Phi) is 5.67. The standard InChI is InChI=1S/C15H24N2O2/c1-5-10(3)11(4)17-12-7-8-14(16)13(9-12)15(18)19-6-2/h7-11,17H,5-6,16H2,1-4H3. The predicted octanol–water partition coefficient (Wildman–Crippen LogP) is 3.29. The molecule has 0 aliphatic carbocycles. The number of hydrogen-bond acceptors (Lipinski definition) is 4. The molecule has 4 heteroatoms. The van der Waals surface area contributed by atoms with Crippen LogP contribution in [0, 0.1) is 5.92 Å². The number of rotatable bonds is 6. The minimum atomic E-state index is -0.375. The summed E-state index contributed by atoms with van der Waals surface area (Å²) in [5.74, 6) is 0.184. The van der Waals surface area contributed by atoms with Crippen LogP contribution in [0.25, 0.3) is 0 Å². The Bertz CT molecular complexity index is 432. The molecule has 0 saturated carbocycles. The summed E-state index contributed by atoms with van der Waals surface area (Å²) in [6.07, 6.45) is 1.11. The van der Waals surface area contributed by atoms with E-state index < -0.39 is 0 Å². The molecule has 0 aromatic heterocycles. The van der Waals surface area contributed by atoms with Crippen molar-refractivity contribution in [3.8, 4) is 0 Å². The number of nitrogens with one attached hydrogen (secondary N) is 1. The molecular weight excluding hydrogens is 240 g/mol. The minimum absolute atomic E-state index is 0.337. The van der Waals surface area contributed by atoms with E-state index in [9.17, 15) is 4.79 Å². The Morgan fingerprint density at radius 2 is 2.05 bits per heavy atom. The molecule has 2 unspecified atom stereocenters. The van der Waals surface area contributed by atoms with Crippen molar-refractivity contribution in [2.24, 2.45) is 5.92 Å². The molecule has 2 atom stereocenters. The summed E-state index contributed by atoms with van der Waals surface area (Å²) < 4.78 is 4.99. The van der Waals surface area contributed by atoms with Gasteiger partial charge in [0.2, 0.25) is 0 Å². The zero-order valence-electron chi connectivity index (χ0n) is 12.2. The molecule has 0 aliphatic heterocycles. The lowest BCUT2D eigenvalue weighted by atomic mass is 10.0. The van der Waals surface area contributed by atoms with Gasteiger partial charge in [0.15, 0.2) is 0 Å². The van der Waals surface area contributed by atoms with E-state index in [1.54, 1.807) is 19.1 Å². The normalized spacial score (nSPS) is 13.7. The highest BCUT2D eigenvalue weighted by Crippen LogP contribution is 2.21. The molecule has 1 rings (SSSR count). The minimum Gasteiger partial charge on any atom is -0.462 e. The molecule has 0 heterocycles. The maximum atomic E-state index is 11.8.